The van der Waals surface area contributed by atoms with E-state index in [-0.39, 0.29) is 5.91 Å². The van der Waals surface area contributed by atoms with Crippen LogP contribution in [-0.4, -0.2) is 11.9 Å². The van der Waals surface area contributed by atoms with Gasteiger partial charge in [0.15, 0.2) is 0 Å². The maximum Gasteiger partial charge on any atom is 0.316 e. The Balaban J connectivity index is 2.21. The molecule has 0 spiro atoms. The lowest BCUT2D eigenvalue weighted by molar-refractivity contribution is 0.102. The van der Waals surface area contributed by atoms with Crippen molar-refractivity contribution in [2.24, 2.45) is 5.73 Å². The van der Waals surface area contributed by atoms with Crippen molar-refractivity contribution in [1.29, 1.82) is 0 Å². The number of benzene rings is 1. The lowest BCUT2D eigenvalue weighted by Crippen LogP contribution is -2.19. The highest BCUT2D eigenvalue weighted by atomic mass is 16.3. The Morgan fingerprint density at radius 2 is 1.67 bits per heavy atom. The molecule has 0 radical (unpaired) electrons. The van der Waals surface area contributed by atoms with E-state index in [0.29, 0.717) is 22.7 Å². The second-order valence-electron chi connectivity index (χ2n) is 4.74. The molecule has 1 aromatic carbocycles. The van der Waals surface area contributed by atoms with Gasteiger partial charge in [-0.15, -0.1) is 0 Å². The molecule has 0 saturated heterocycles. The molecule has 1 heterocycles. The zero-order valence-corrected chi connectivity index (χ0v) is 12.1. The van der Waals surface area contributed by atoms with Gasteiger partial charge in [-0.25, -0.2) is 4.79 Å². The van der Waals surface area contributed by atoms with Gasteiger partial charge in [-0.2, -0.15) is 0 Å². The fourth-order valence-electron chi connectivity index (χ4n) is 2.14. The number of aryl methyl sites for hydroxylation is 2. The second-order valence-corrected chi connectivity index (χ2v) is 4.74. The van der Waals surface area contributed by atoms with Gasteiger partial charge in [-0.3, -0.25) is 4.79 Å². The topological polar surface area (TPSA) is 97.4 Å². The lowest BCUT2D eigenvalue weighted by atomic mass is 10.1. The molecule has 21 heavy (non-hydrogen) atoms. The molecule has 0 atom stereocenters. The van der Waals surface area contributed by atoms with Crippen LogP contribution in [0.1, 0.15) is 27.4 Å². The number of rotatable bonds is 3. The first-order valence-electron chi connectivity index (χ1n) is 6.43. The molecule has 3 amide bonds. The van der Waals surface area contributed by atoms with Crippen LogP contribution in [-0.2, 0) is 0 Å². The van der Waals surface area contributed by atoms with Crippen LogP contribution in [0, 0.1) is 20.8 Å². The highest BCUT2D eigenvalue weighted by Gasteiger charge is 2.18. The number of urea groups is 1. The zero-order valence-electron chi connectivity index (χ0n) is 12.1. The van der Waals surface area contributed by atoms with Gasteiger partial charge in [0.05, 0.1) is 5.56 Å². The highest BCUT2D eigenvalue weighted by Crippen LogP contribution is 2.22. The van der Waals surface area contributed by atoms with E-state index in [9.17, 15) is 9.59 Å². The zero-order chi connectivity index (χ0) is 15.6. The summed E-state index contributed by atoms with van der Waals surface area (Å²) in [6, 6.07) is 6.08. The van der Waals surface area contributed by atoms with Gasteiger partial charge in [0.1, 0.15) is 11.5 Å². The third kappa shape index (κ3) is 3.22. The first-order chi connectivity index (χ1) is 9.88. The molecule has 6 heteroatoms. The lowest BCUT2D eigenvalue weighted by Gasteiger charge is -2.08. The Morgan fingerprint density at radius 1 is 1.05 bits per heavy atom. The minimum absolute atomic E-state index is 0.252. The molecule has 0 fully saturated rings. The number of nitrogens with two attached hydrogens (primary N) is 1. The second kappa shape index (κ2) is 5.70. The number of carbonyl (C=O) groups excluding carboxylic acids is 2. The minimum Gasteiger partial charge on any atom is -0.466 e. The van der Waals surface area contributed by atoms with Gasteiger partial charge in [-0.1, -0.05) is 6.07 Å². The number of anilines is 2. The molecule has 1 aromatic heterocycles. The molecule has 2 aromatic rings. The fourth-order valence-corrected chi connectivity index (χ4v) is 2.14. The standard InChI is InChI=1S/C15H17N3O3/c1-8-9(2)21-10(3)13(8)14(19)17-11-5-4-6-12(7-11)18-15(16)20/h4-7H,1-3H3,(H,17,19)(H3,16,18,20). The predicted octanol–water partition coefficient (Wildman–Crippen LogP) is 2.95. The van der Waals surface area contributed by atoms with Crippen LogP contribution in [0.4, 0.5) is 16.2 Å². The van der Waals surface area contributed by atoms with Crippen LogP contribution in [0.15, 0.2) is 28.7 Å². The molecular formula is C15H17N3O3. The highest BCUT2D eigenvalue weighted by molar-refractivity contribution is 6.06. The van der Waals surface area contributed by atoms with Crippen molar-refractivity contribution < 1.29 is 14.0 Å². The monoisotopic (exact) mass is 287 g/mol. The molecule has 0 aliphatic rings. The third-order valence-electron chi connectivity index (χ3n) is 3.18. The third-order valence-corrected chi connectivity index (χ3v) is 3.18. The van der Waals surface area contributed by atoms with E-state index in [4.69, 9.17) is 10.2 Å². The molecule has 0 bridgehead atoms. The summed E-state index contributed by atoms with van der Waals surface area (Å²) in [7, 11) is 0. The van der Waals surface area contributed by atoms with Crippen molar-refractivity contribution in [2.75, 3.05) is 10.6 Å². The first-order valence-corrected chi connectivity index (χ1v) is 6.43. The molecular weight excluding hydrogens is 270 g/mol. The molecule has 6 nitrogen and oxygen atoms in total. The van der Waals surface area contributed by atoms with Crippen LogP contribution in [0.25, 0.3) is 0 Å². The number of hydrogen-bond donors (Lipinski definition) is 3. The van der Waals surface area contributed by atoms with E-state index >= 15 is 0 Å². The fraction of sp³-hybridized carbons (Fsp3) is 0.200. The summed E-state index contributed by atoms with van der Waals surface area (Å²) in [4.78, 5) is 23.1. The Kier molecular flexibility index (Phi) is 3.98. The average molecular weight is 287 g/mol. The number of amides is 3. The summed E-state index contributed by atoms with van der Waals surface area (Å²) in [5, 5.41) is 5.23. The number of primary amides is 1. The minimum atomic E-state index is -0.657. The number of carbonyl (C=O) groups is 2. The average Bonchev–Trinajstić information content (AvgIpc) is 2.62. The van der Waals surface area contributed by atoms with Crippen molar-refractivity contribution in [3.05, 3.63) is 46.9 Å². The van der Waals surface area contributed by atoms with Crippen LogP contribution >= 0.6 is 0 Å². The van der Waals surface area contributed by atoms with Crippen molar-refractivity contribution >= 4 is 23.3 Å². The maximum absolute atomic E-state index is 12.3. The number of furan rings is 1. The quantitative estimate of drug-likeness (QED) is 0.809. The van der Waals surface area contributed by atoms with E-state index in [2.05, 4.69) is 10.6 Å². The SMILES string of the molecule is Cc1oc(C)c(C(=O)Nc2cccc(NC(N)=O)c2)c1C. The number of nitrogens with one attached hydrogen (secondary N) is 2. The van der Waals surface area contributed by atoms with Crippen molar-refractivity contribution in [3.8, 4) is 0 Å². The smallest absolute Gasteiger partial charge is 0.316 e. The first kappa shape index (κ1) is 14.6. The maximum atomic E-state index is 12.3. The van der Waals surface area contributed by atoms with Gasteiger partial charge in [-0.05, 0) is 39.0 Å². The van der Waals surface area contributed by atoms with Crippen molar-refractivity contribution in [2.45, 2.75) is 20.8 Å². The Bertz CT molecular complexity index is 704. The molecule has 0 aliphatic heterocycles. The summed E-state index contributed by atoms with van der Waals surface area (Å²) in [5.74, 6) is 1.05. The predicted molar refractivity (Wildman–Crippen MR) is 80.5 cm³/mol. The Morgan fingerprint density at radius 3 is 2.19 bits per heavy atom. The van der Waals surface area contributed by atoms with Gasteiger partial charge >= 0.3 is 6.03 Å². The van der Waals surface area contributed by atoms with Gasteiger partial charge in [0.2, 0.25) is 0 Å². The van der Waals surface area contributed by atoms with Crippen molar-refractivity contribution in [1.82, 2.24) is 0 Å². The van der Waals surface area contributed by atoms with Crippen molar-refractivity contribution in [3.63, 3.8) is 0 Å². The number of hydrogen-bond acceptors (Lipinski definition) is 3. The van der Waals surface area contributed by atoms with E-state index in [1.807, 2.05) is 13.8 Å². The summed E-state index contributed by atoms with van der Waals surface area (Å²) < 4.78 is 5.45. The summed E-state index contributed by atoms with van der Waals surface area (Å²) >= 11 is 0. The molecule has 0 saturated carbocycles. The van der Waals surface area contributed by atoms with E-state index in [0.717, 1.165) is 11.3 Å². The molecule has 0 aliphatic carbocycles. The summed E-state index contributed by atoms with van der Waals surface area (Å²) in [5.41, 5.74) is 7.47. The molecule has 4 N–H and O–H groups in total. The van der Waals surface area contributed by atoms with Gasteiger partial charge < -0.3 is 20.8 Å². The van der Waals surface area contributed by atoms with Crippen LogP contribution in [0.5, 0.6) is 0 Å². The Hall–Kier alpha value is -2.76. The van der Waals surface area contributed by atoms with E-state index < -0.39 is 6.03 Å². The largest absolute Gasteiger partial charge is 0.466 e. The van der Waals surface area contributed by atoms with Gasteiger partial charge in [0, 0.05) is 16.9 Å². The summed E-state index contributed by atoms with van der Waals surface area (Å²) in [6.45, 7) is 5.41. The van der Waals surface area contributed by atoms with Gasteiger partial charge in [0.25, 0.3) is 5.91 Å². The van der Waals surface area contributed by atoms with Crippen LogP contribution in [0.3, 0.4) is 0 Å². The molecule has 0 unspecified atom stereocenters. The molecule has 110 valence electrons. The van der Waals surface area contributed by atoms with E-state index in [1.54, 1.807) is 31.2 Å². The van der Waals surface area contributed by atoms with Crippen LogP contribution in [0.2, 0.25) is 0 Å². The molecule has 2 rings (SSSR count). The normalized spacial score (nSPS) is 10.2. The van der Waals surface area contributed by atoms with Crippen LogP contribution < -0.4 is 16.4 Å². The Labute approximate surface area is 122 Å². The summed E-state index contributed by atoms with van der Waals surface area (Å²) in [6.07, 6.45) is 0. The van der Waals surface area contributed by atoms with E-state index in [1.165, 1.54) is 0 Å².